The minimum atomic E-state index is -0.200. The highest BCUT2D eigenvalue weighted by Crippen LogP contribution is 2.35. The third kappa shape index (κ3) is 4.03. The summed E-state index contributed by atoms with van der Waals surface area (Å²) in [5.74, 6) is 0.434. The molecular weight excluding hydrogens is 384 g/mol. The number of hydrogen-bond donors (Lipinski definition) is 1. The Labute approximate surface area is 177 Å². The molecule has 4 rings (SSSR count). The van der Waals surface area contributed by atoms with E-state index < -0.39 is 0 Å². The fourth-order valence-electron chi connectivity index (χ4n) is 5.17. The van der Waals surface area contributed by atoms with Crippen LogP contribution in [0.3, 0.4) is 0 Å². The van der Waals surface area contributed by atoms with E-state index in [1.165, 1.54) is 0 Å². The number of likely N-dealkylation sites (tertiary alicyclic amines) is 1. The first-order valence-corrected chi connectivity index (χ1v) is 11.2. The van der Waals surface area contributed by atoms with Crippen LogP contribution in [-0.2, 0) is 11.3 Å². The van der Waals surface area contributed by atoms with Gasteiger partial charge in [-0.2, -0.15) is 0 Å². The minimum absolute atomic E-state index is 0.115. The second kappa shape index (κ2) is 8.89. The molecule has 1 aromatic heterocycles. The van der Waals surface area contributed by atoms with Crippen molar-refractivity contribution in [2.45, 2.75) is 38.6 Å². The van der Waals surface area contributed by atoms with Gasteiger partial charge in [0.15, 0.2) is 0 Å². The zero-order valence-corrected chi connectivity index (χ0v) is 17.8. The summed E-state index contributed by atoms with van der Waals surface area (Å²) in [4.78, 5) is 44.4. The number of carbonyl (C=O) groups is 2. The minimum Gasteiger partial charge on any atom is -0.395 e. The number of aromatic nitrogens is 1. The molecule has 164 valence electrons. The molecule has 0 spiro atoms. The predicted molar refractivity (Wildman–Crippen MR) is 112 cm³/mol. The number of carbonyl (C=O) groups excluding carboxylic acids is 2. The standard InChI is InChI=1S/C22H32N4O4/c1-2-3-20(28)25-13-16-12-17(15-25)19-5-4-18(22(30)26(19)14-16)21(29)24-8-6-23(7-9-24)10-11-27/h4-5,16-17,27H,2-3,6-15H2,1H3/t16-,17+/m0/s1. The first kappa shape index (κ1) is 21.1. The fourth-order valence-corrected chi connectivity index (χ4v) is 5.17. The van der Waals surface area contributed by atoms with Crippen LogP contribution in [0.1, 0.15) is 48.2 Å². The lowest BCUT2D eigenvalue weighted by atomic mass is 9.82. The van der Waals surface area contributed by atoms with Crippen molar-refractivity contribution >= 4 is 11.8 Å². The summed E-state index contributed by atoms with van der Waals surface area (Å²) in [5.41, 5.74) is 1.00. The SMILES string of the molecule is CCCC(=O)N1C[C@@H]2C[C@H](C1)c1ccc(C(=O)N3CCN(CCO)CC3)c(=O)n1C2. The van der Waals surface area contributed by atoms with Gasteiger partial charge in [-0.1, -0.05) is 6.92 Å². The number of rotatable bonds is 5. The summed E-state index contributed by atoms with van der Waals surface area (Å²) in [6, 6.07) is 3.61. The van der Waals surface area contributed by atoms with Gasteiger partial charge in [0.05, 0.1) is 6.61 Å². The molecule has 0 unspecified atom stereocenters. The molecule has 0 radical (unpaired) electrons. The Balaban J connectivity index is 1.51. The Morgan fingerprint density at radius 3 is 2.53 bits per heavy atom. The van der Waals surface area contributed by atoms with Gasteiger partial charge in [0.25, 0.3) is 11.5 Å². The molecule has 2 saturated heterocycles. The first-order chi connectivity index (χ1) is 14.5. The lowest BCUT2D eigenvalue weighted by Crippen LogP contribution is -2.52. The Kier molecular flexibility index (Phi) is 6.24. The number of pyridine rings is 1. The average molecular weight is 417 g/mol. The molecule has 3 aliphatic heterocycles. The van der Waals surface area contributed by atoms with E-state index in [4.69, 9.17) is 5.11 Å². The van der Waals surface area contributed by atoms with Crippen LogP contribution in [0.4, 0.5) is 0 Å². The van der Waals surface area contributed by atoms with Crippen molar-refractivity contribution in [1.82, 2.24) is 19.3 Å². The van der Waals surface area contributed by atoms with Gasteiger partial charge in [-0.05, 0) is 30.9 Å². The first-order valence-electron chi connectivity index (χ1n) is 11.2. The van der Waals surface area contributed by atoms with Crippen LogP contribution in [0.15, 0.2) is 16.9 Å². The molecule has 2 bridgehead atoms. The second-order valence-electron chi connectivity index (χ2n) is 8.79. The van der Waals surface area contributed by atoms with Crippen LogP contribution in [0, 0.1) is 5.92 Å². The van der Waals surface area contributed by atoms with Gasteiger partial charge in [-0.3, -0.25) is 19.3 Å². The number of hydrogen-bond acceptors (Lipinski definition) is 5. The number of piperidine rings is 1. The lowest BCUT2D eigenvalue weighted by Gasteiger charge is -2.43. The van der Waals surface area contributed by atoms with Gasteiger partial charge in [0.2, 0.25) is 5.91 Å². The van der Waals surface area contributed by atoms with E-state index in [1.807, 2.05) is 17.9 Å². The zero-order chi connectivity index (χ0) is 21.3. The van der Waals surface area contributed by atoms with Crippen LogP contribution in [0.5, 0.6) is 0 Å². The van der Waals surface area contributed by atoms with Crippen molar-refractivity contribution < 1.29 is 14.7 Å². The van der Waals surface area contributed by atoms with Crippen molar-refractivity contribution in [2.75, 3.05) is 52.4 Å². The van der Waals surface area contributed by atoms with E-state index in [1.54, 1.807) is 15.5 Å². The lowest BCUT2D eigenvalue weighted by molar-refractivity contribution is -0.134. The maximum absolute atomic E-state index is 13.2. The van der Waals surface area contributed by atoms with Crippen molar-refractivity contribution in [3.63, 3.8) is 0 Å². The van der Waals surface area contributed by atoms with Gasteiger partial charge >= 0.3 is 0 Å². The largest absolute Gasteiger partial charge is 0.395 e. The van der Waals surface area contributed by atoms with E-state index in [0.717, 1.165) is 18.5 Å². The van der Waals surface area contributed by atoms with Crippen LogP contribution in [0.25, 0.3) is 0 Å². The molecule has 2 atom stereocenters. The summed E-state index contributed by atoms with van der Waals surface area (Å²) >= 11 is 0. The number of amides is 2. The van der Waals surface area contributed by atoms with E-state index in [2.05, 4.69) is 4.90 Å². The quantitative estimate of drug-likeness (QED) is 0.748. The van der Waals surface area contributed by atoms with Gasteiger partial charge in [0, 0.05) is 70.4 Å². The summed E-state index contributed by atoms with van der Waals surface area (Å²) < 4.78 is 1.79. The Hall–Kier alpha value is -2.19. The van der Waals surface area contributed by atoms with Crippen molar-refractivity contribution in [2.24, 2.45) is 5.92 Å². The summed E-state index contributed by atoms with van der Waals surface area (Å²) in [7, 11) is 0. The molecule has 0 aromatic carbocycles. The normalized spacial score (nSPS) is 23.9. The molecule has 0 saturated carbocycles. The van der Waals surface area contributed by atoms with Crippen molar-refractivity contribution in [3.8, 4) is 0 Å². The second-order valence-corrected chi connectivity index (χ2v) is 8.79. The number of fused-ring (bicyclic) bond motifs is 4. The zero-order valence-electron chi connectivity index (χ0n) is 17.8. The van der Waals surface area contributed by atoms with Gasteiger partial charge in [-0.25, -0.2) is 0 Å². The van der Waals surface area contributed by atoms with Crippen LogP contribution >= 0.6 is 0 Å². The molecule has 2 fully saturated rings. The highest BCUT2D eigenvalue weighted by Gasteiger charge is 2.37. The number of nitrogens with zero attached hydrogens (tertiary/aromatic N) is 4. The predicted octanol–water partition coefficient (Wildman–Crippen LogP) is 0.344. The molecule has 0 aliphatic carbocycles. The molecule has 8 nitrogen and oxygen atoms in total. The third-order valence-corrected chi connectivity index (χ3v) is 6.73. The van der Waals surface area contributed by atoms with E-state index in [-0.39, 0.29) is 41.4 Å². The maximum Gasteiger partial charge on any atom is 0.263 e. The molecule has 30 heavy (non-hydrogen) atoms. The highest BCUT2D eigenvalue weighted by molar-refractivity contribution is 5.94. The van der Waals surface area contributed by atoms with Gasteiger partial charge < -0.3 is 19.5 Å². The molecule has 2 amide bonds. The van der Waals surface area contributed by atoms with Crippen molar-refractivity contribution in [3.05, 3.63) is 33.7 Å². The fraction of sp³-hybridized carbons (Fsp3) is 0.682. The highest BCUT2D eigenvalue weighted by atomic mass is 16.3. The summed E-state index contributed by atoms with van der Waals surface area (Å²) in [6.45, 7) is 7.25. The molecule has 8 heteroatoms. The molecule has 1 aromatic rings. The topological polar surface area (TPSA) is 86.1 Å². The van der Waals surface area contributed by atoms with E-state index >= 15 is 0 Å². The Bertz CT molecular complexity index is 859. The summed E-state index contributed by atoms with van der Waals surface area (Å²) in [6.07, 6.45) is 2.42. The smallest absolute Gasteiger partial charge is 0.263 e. The van der Waals surface area contributed by atoms with Crippen LogP contribution in [0.2, 0.25) is 0 Å². The number of β-amino-alcohol motifs (C(OH)–C–C–N with tert-alkyl or cyclic N) is 1. The number of aliphatic hydroxyl groups is 1. The molecular formula is C22H32N4O4. The molecule has 1 N–H and O–H groups in total. The Morgan fingerprint density at radius 1 is 1.07 bits per heavy atom. The molecule has 3 aliphatic rings. The van der Waals surface area contributed by atoms with Gasteiger partial charge in [-0.15, -0.1) is 0 Å². The maximum atomic E-state index is 13.2. The van der Waals surface area contributed by atoms with Crippen LogP contribution in [-0.4, -0.2) is 88.6 Å². The number of aliphatic hydroxyl groups excluding tert-OH is 1. The van der Waals surface area contributed by atoms with Gasteiger partial charge in [0.1, 0.15) is 5.56 Å². The summed E-state index contributed by atoms with van der Waals surface area (Å²) in [5, 5.41) is 9.07. The number of piperazine rings is 1. The Morgan fingerprint density at radius 2 is 1.83 bits per heavy atom. The monoisotopic (exact) mass is 416 g/mol. The van der Waals surface area contributed by atoms with E-state index in [9.17, 15) is 14.4 Å². The third-order valence-electron chi connectivity index (χ3n) is 6.73. The van der Waals surface area contributed by atoms with Crippen molar-refractivity contribution in [1.29, 1.82) is 0 Å². The molecule has 4 heterocycles. The van der Waals surface area contributed by atoms with E-state index in [0.29, 0.717) is 58.8 Å². The average Bonchev–Trinajstić information content (AvgIpc) is 2.75. The van der Waals surface area contributed by atoms with Crippen LogP contribution < -0.4 is 5.56 Å².